The number of amides is 1. The van der Waals surface area contributed by atoms with Gasteiger partial charge in [0.1, 0.15) is 0 Å². The number of rotatable bonds is 4. The zero-order valence-corrected chi connectivity index (χ0v) is 12.7. The molecule has 6 heteroatoms. The first-order valence-electron chi connectivity index (χ1n) is 7.01. The molecule has 1 aliphatic heterocycles. The fourth-order valence-corrected chi connectivity index (χ4v) is 2.13. The van der Waals surface area contributed by atoms with Gasteiger partial charge in [0.2, 0.25) is 11.8 Å². The van der Waals surface area contributed by atoms with Crippen molar-refractivity contribution in [3.8, 4) is 0 Å². The standard InChI is InChI=1S/C14H24N4O2/c1-13(2,3)10-7-12(20-18-10)17-11(19)8-16-14(4)5-6-15-9-14/h7,15-16H,5-6,8-9H2,1-4H3,(H,17,19). The maximum atomic E-state index is 11.9. The fraction of sp³-hybridized carbons (Fsp3) is 0.714. The summed E-state index contributed by atoms with van der Waals surface area (Å²) in [5.74, 6) is 0.283. The van der Waals surface area contributed by atoms with E-state index in [1.807, 2.05) is 20.8 Å². The van der Waals surface area contributed by atoms with Crippen LogP contribution in [-0.2, 0) is 10.2 Å². The molecule has 1 aliphatic rings. The van der Waals surface area contributed by atoms with E-state index >= 15 is 0 Å². The van der Waals surface area contributed by atoms with Gasteiger partial charge in [0.15, 0.2) is 0 Å². The molecule has 0 saturated carbocycles. The van der Waals surface area contributed by atoms with E-state index in [-0.39, 0.29) is 23.4 Å². The van der Waals surface area contributed by atoms with Crippen molar-refractivity contribution >= 4 is 11.8 Å². The predicted molar refractivity (Wildman–Crippen MR) is 77.7 cm³/mol. The second kappa shape index (κ2) is 5.54. The van der Waals surface area contributed by atoms with Crippen LogP contribution < -0.4 is 16.0 Å². The molecule has 0 radical (unpaired) electrons. The van der Waals surface area contributed by atoms with Crippen molar-refractivity contribution < 1.29 is 9.32 Å². The van der Waals surface area contributed by atoms with Gasteiger partial charge >= 0.3 is 0 Å². The molecule has 1 unspecified atom stereocenters. The summed E-state index contributed by atoms with van der Waals surface area (Å²) in [6, 6.07) is 1.77. The summed E-state index contributed by atoms with van der Waals surface area (Å²) in [5, 5.41) is 13.3. The minimum absolute atomic E-state index is 0.00464. The van der Waals surface area contributed by atoms with Gasteiger partial charge in [0, 0.05) is 23.6 Å². The summed E-state index contributed by atoms with van der Waals surface area (Å²) >= 11 is 0. The van der Waals surface area contributed by atoms with Crippen LogP contribution in [0, 0.1) is 0 Å². The Kier molecular flexibility index (Phi) is 4.15. The Balaban J connectivity index is 1.84. The maximum absolute atomic E-state index is 11.9. The highest BCUT2D eigenvalue weighted by Crippen LogP contribution is 2.23. The molecule has 0 aromatic carbocycles. The third kappa shape index (κ3) is 3.80. The zero-order valence-electron chi connectivity index (χ0n) is 12.7. The Morgan fingerprint density at radius 1 is 1.55 bits per heavy atom. The van der Waals surface area contributed by atoms with Gasteiger partial charge in [-0.15, -0.1) is 0 Å². The molecule has 2 rings (SSSR count). The number of carbonyl (C=O) groups is 1. The Morgan fingerprint density at radius 3 is 2.85 bits per heavy atom. The molecule has 0 bridgehead atoms. The van der Waals surface area contributed by atoms with Crippen LogP contribution in [0.15, 0.2) is 10.6 Å². The minimum atomic E-state index is -0.116. The van der Waals surface area contributed by atoms with Crippen LogP contribution in [0.25, 0.3) is 0 Å². The molecular weight excluding hydrogens is 256 g/mol. The molecule has 20 heavy (non-hydrogen) atoms. The molecule has 1 fully saturated rings. The lowest BCUT2D eigenvalue weighted by molar-refractivity contribution is -0.115. The third-order valence-electron chi connectivity index (χ3n) is 3.59. The Hall–Kier alpha value is -1.40. The Labute approximate surface area is 119 Å². The summed E-state index contributed by atoms with van der Waals surface area (Å²) in [6.07, 6.45) is 1.02. The number of nitrogens with one attached hydrogen (secondary N) is 3. The van der Waals surface area contributed by atoms with Gasteiger partial charge in [0.25, 0.3) is 0 Å². The van der Waals surface area contributed by atoms with E-state index in [0.29, 0.717) is 5.88 Å². The van der Waals surface area contributed by atoms with Crippen LogP contribution in [0.3, 0.4) is 0 Å². The molecule has 1 saturated heterocycles. The lowest BCUT2D eigenvalue weighted by Gasteiger charge is -2.23. The van der Waals surface area contributed by atoms with Crippen LogP contribution in [0.5, 0.6) is 0 Å². The van der Waals surface area contributed by atoms with Crippen molar-refractivity contribution in [1.82, 2.24) is 15.8 Å². The van der Waals surface area contributed by atoms with Gasteiger partial charge in [-0.05, 0) is 19.9 Å². The minimum Gasteiger partial charge on any atom is -0.338 e. The van der Waals surface area contributed by atoms with Crippen molar-refractivity contribution in [1.29, 1.82) is 0 Å². The number of carbonyl (C=O) groups excluding carboxylic acids is 1. The zero-order chi connectivity index (χ0) is 14.8. The highest BCUT2D eigenvalue weighted by molar-refractivity contribution is 5.91. The molecule has 3 N–H and O–H groups in total. The molecule has 1 aromatic heterocycles. The normalized spacial score (nSPS) is 23.0. The number of anilines is 1. The summed E-state index contributed by atoms with van der Waals surface area (Å²) in [5.41, 5.74) is 0.732. The quantitative estimate of drug-likeness (QED) is 0.773. The van der Waals surface area contributed by atoms with E-state index in [1.165, 1.54) is 0 Å². The van der Waals surface area contributed by atoms with E-state index in [2.05, 4.69) is 28.0 Å². The SMILES string of the molecule is CC1(NCC(=O)Nc2cc(C(C)(C)C)no2)CCNC1. The van der Waals surface area contributed by atoms with Gasteiger partial charge < -0.3 is 15.2 Å². The van der Waals surface area contributed by atoms with Crippen molar-refractivity contribution in [2.75, 3.05) is 25.0 Å². The highest BCUT2D eigenvalue weighted by atomic mass is 16.5. The van der Waals surface area contributed by atoms with Gasteiger partial charge in [0.05, 0.1) is 12.2 Å². The first-order valence-corrected chi connectivity index (χ1v) is 7.01. The van der Waals surface area contributed by atoms with E-state index in [0.717, 1.165) is 25.2 Å². The van der Waals surface area contributed by atoms with Gasteiger partial charge in [-0.25, -0.2) is 0 Å². The summed E-state index contributed by atoms with van der Waals surface area (Å²) in [4.78, 5) is 11.9. The van der Waals surface area contributed by atoms with Gasteiger partial charge in [-0.1, -0.05) is 25.9 Å². The van der Waals surface area contributed by atoms with Crippen LogP contribution in [0.4, 0.5) is 5.88 Å². The van der Waals surface area contributed by atoms with Crippen LogP contribution in [0.1, 0.15) is 39.8 Å². The van der Waals surface area contributed by atoms with E-state index in [9.17, 15) is 4.79 Å². The van der Waals surface area contributed by atoms with Crippen molar-refractivity contribution in [2.24, 2.45) is 0 Å². The molecule has 6 nitrogen and oxygen atoms in total. The largest absolute Gasteiger partial charge is 0.338 e. The van der Waals surface area contributed by atoms with Crippen molar-refractivity contribution in [3.05, 3.63) is 11.8 Å². The molecule has 0 spiro atoms. The molecule has 1 aromatic rings. The van der Waals surface area contributed by atoms with E-state index in [4.69, 9.17) is 4.52 Å². The van der Waals surface area contributed by atoms with E-state index < -0.39 is 0 Å². The monoisotopic (exact) mass is 280 g/mol. The second-order valence-electron chi connectivity index (χ2n) is 6.72. The van der Waals surface area contributed by atoms with Crippen LogP contribution >= 0.6 is 0 Å². The smallest absolute Gasteiger partial charge is 0.240 e. The molecule has 112 valence electrons. The highest BCUT2D eigenvalue weighted by Gasteiger charge is 2.28. The molecule has 0 aliphatic carbocycles. The Bertz CT molecular complexity index is 470. The summed E-state index contributed by atoms with van der Waals surface area (Å²) < 4.78 is 5.14. The average Bonchev–Trinajstić information content (AvgIpc) is 2.96. The third-order valence-corrected chi connectivity index (χ3v) is 3.59. The second-order valence-corrected chi connectivity index (χ2v) is 6.72. The van der Waals surface area contributed by atoms with Crippen molar-refractivity contribution in [3.63, 3.8) is 0 Å². The number of aromatic nitrogens is 1. The topological polar surface area (TPSA) is 79.2 Å². The van der Waals surface area contributed by atoms with E-state index in [1.54, 1.807) is 6.07 Å². The lowest BCUT2D eigenvalue weighted by Crippen LogP contribution is -2.47. The molecule has 2 heterocycles. The number of nitrogens with zero attached hydrogens (tertiary/aromatic N) is 1. The van der Waals surface area contributed by atoms with Crippen LogP contribution in [0.2, 0.25) is 0 Å². The fourth-order valence-electron chi connectivity index (χ4n) is 2.13. The molecule has 1 atom stereocenters. The van der Waals surface area contributed by atoms with Crippen LogP contribution in [-0.4, -0.2) is 36.2 Å². The first-order chi connectivity index (χ1) is 9.28. The molecular formula is C14H24N4O2. The van der Waals surface area contributed by atoms with Crippen molar-refractivity contribution in [2.45, 2.75) is 45.1 Å². The summed E-state index contributed by atoms with van der Waals surface area (Å²) in [7, 11) is 0. The number of hydrogen-bond donors (Lipinski definition) is 3. The predicted octanol–water partition coefficient (Wildman–Crippen LogP) is 1.25. The Morgan fingerprint density at radius 2 is 2.30 bits per heavy atom. The maximum Gasteiger partial charge on any atom is 0.240 e. The average molecular weight is 280 g/mol. The lowest BCUT2D eigenvalue weighted by atomic mass is 9.92. The van der Waals surface area contributed by atoms with Gasteiger partial charge in [-0.3, -0.25) is 10.1 Å². The summed E-state index contributed by atoms with van der Waals surface area (Å²) in [6.45, 7) is 10.4. The first kappa shape index (κ1) is 15.0. The van der Waals surface area contributed by atoms with Gasteiger partial charge in [-0.2, -0.15) is 0 Å². The number of hydrogen-bond acceptors (Lipinski definition) is 5. The molecule has 1 amide bonds.